The van der Waals surface area contributed by atoms with E-state index in [-0.39, 0.29) is 0 Å². The van der Waals surface area contributed by atoms with Crippen LogP contribution in [0.4, 0.5) is 5.82 Å². The molecule has 25 heavy (non-hydrogen) atoms. The minimum absolute atomic E-state index is 0.540. The van der Waals surface area contributed by atoms with Crippen LogP contribution in [0.1, 0.15) is 24.7 Å². The molecule has 4 rings (SSSR count). The van der Waals surface area contributed by atoms with Crippen molar-refractivity contribution in [2.75, 3.05) is 5.32 Å². The van der Waals surface area contributed by atoms with Crippen molar-refractivity contribution in [3.05, 3.63) is 47.8 Å². The van der Waals surface area contributed by atoms with Gasteiger partial charge in [0, 0.05) is 18.5 Å². The molecule has 4 aromatic rings. The summed E-state index contributed by atoms with van der Waals surface area (Å²) in [4.78, 5) is 4.42. The lowest BCUT2D eigenvalue weighted by Crippen LogP contribution is -2.04. The second kappa shape index (κ2) is 6.63. The van der Waals surface area contributed by atoms with E-state index in [0.717, 1.165) is 29.8 Å². The summed E-state index contributed by atoms with van der Waals surface area (Å²) in [5.74, 6) is 1.96. The Morgan fingerprint density at radius 3 is 3.08 bits per heavy atom. The van der Waals surface area contributed by atoms with Crippen LogP contribution in [-0.4, -0.2) is 35.4 Å². The molecule has 0 bridgehead atoms. The number of nitrogens with one attached hydrogen (secondary N) is 1. The van der Waals surface area contributed by atoms with Crippen molar-refractivity contribution >= 4 is 11.5 Å². The Balaban J connectivity index is 1.48. The first-order valence-electron chi connectivity index (χ1n) is 8.03. The van der Waals surface area contributed by atoms with Crippen molar-refractivity contribution in [2.45, 2.75) is 26.3 Å². The Morgan fingerprint density at radius 1 is 1.20 bits per heavy atom. The Kier molecular flexibility index (Phi) is 4.03. The molecule has 0 amide bonds. The average Bonchev–Trinajstić information content (AvgIpc) is 3.29. The summed E-state index contributed by atoms with van der Waals surface area (Å²) < 4.78 is 6.72. The van der Waals surface area contributed by atoms with E-state index in [1.165, 1.54) is 4.63 Å². The highest BCUT2D eigenvalue weighted by atomic mass is 16.5. The van der Waals surface area contributed by atoms with Gasteiger partial charge in [0.05, 0.1) is 0 Å². The number of tetrazole rings is 1. The lowest BCUT2D eigenvalue weighted by Gasteiger charge is -2.06. The van der Waals surface area contributed by atoms with Gasteiger partial charge in [-0.05, 0) is 46.7 Å². The number of nitrogens with zero attached hydrogens (tertiary/aromatic N) is 7. The summed E-state index contributed by atoms with van der Waals surface area (Å²) in [6.45, 7) is 2.69. The van der Waals surface area contributed by atoms with Crippen LogP contribution in [0.15, 0.2) is 40.9 Å². The van der Waals surface area contributed by atoms with Crippen molar-refractivity contribution in [2.24, 2.45) is 0 Å². The summed E-state index contributed by atoms with van der Waals surface area (Å²) in [6.07, 6.45) is 1.80. The van der Waals surface area contributed by atoms with Gasteiger partial charge < -0.3 is 9.84 Å². The minimum Gasteiger partial charge on any atom is -0.365 e. The zero-order valence-electron chi connectivity index (χ0n) is 13.6. The average molecular weight is 336 g/mol. The summed E-state index contributed by atoms with van der Waals surface area (Å²) in [5, 5.41) is 22.7. The van der Waals surface area contributed by atoms with Crippen LogP contribution >= 0.6 is 0 Å². The van der Waals surface area contributed by atoms with Gasteiger partial charge in [-0.15, -0.1) is 14.8 Å². The highest BCUT2D eigenvalue weighted by molar-refractivity contribution is 5.54. The first kappa shape index (κ1) is 15.2. The van der Waals surface area contributed by atoms with Gasteiger partial charge in [-0.25, -0.2) is 0 Å². The van der Waals surface area contributed by atoms with Crippen LogP contribution in [0.2, 0.25) is 0 Å². The maximum Gasteiger partial charge on any atom is 0.257 e. The molecule has 0 saturated heterocycles. The van der Waals surface area contributed by atoms with Crippen LogP contribution < -0.4 is 5.32 Å². The summed E-state index contributed by atoms with van der Waals surface area (Å²) in [6, 6.07) is 11.6. The molecule has 0 unspecified atom stereocenters. The molecule has 0 aliphatic rings. The van der Waals surface area contributed by atoms with Crippen molar-refractivity contribution in [3.63, 3.8) is 0 Å². The molecule has 0 spiro atoms. The van der Waals surface area contributed by atoms with E-state index >= 15 is 0 Å². The van der Waals surface area contributed by atoms with Gasteiger partial charge in [-0.3, -0.25) is 0 Å². The standard InChI is InChI=1S/C16H16N8O/c1-2-4-14-18-16(25-21-14)12-6-3-5-11(9-12)10-17-13-7-8-15-19-22-23-24(15)20-13/h3,5-9H,2,4,10H2,1H3,(H,17,20). The Hall–Kier alpha value is -3.36. The molecule has 0 aliphatic carbocycles. The van der Waals surface area contributed by atoms with Crippen LogP contribution in [0.5, 0.6) is 0 Å². The second-order valence-electron chi connectivity index (χ2n) is 5.56. The van der Waals surface area contributed by atoms with Gasteiger partial charge in [0.25, 0.3) is 5.89 Å². The van der Waals surface area contributed by atoms with E-state index in [1.807, 2.05) is 30.3 Å². The molecule has 1 N–H and O–H groups in total. The first-order chi connectivity index (χ1) is 12.3. The second-order valence-corrected chi connectivity index (χ2v) is 5.56. The van der Waals surface area contributed by atoms with Gasteiger partial charge in [0.2, 0.25) is 0 Å². The molecule has 0 radical (unpaired) electrons. The summed E-state index contributed by atoms with van der Waals surface area (Å²) in [7, 11) is 0. The lowest BCUT2D eigenvalue weighted by molar-refractivity contribution is 0.422. The molecule has 0 fully saturated rings. The Bertz CT molecular complexity index is 992. The van der Waals surface area contributed by atoms with Crippen LogP contribution in [0, 0.1) is 0 Å². The minimum atomic E-state index is 0.540. The third-order valence-corrected chi connectivity index (χ3v) is 3.66. The molecular weight excluding hydrogens is 320 g/mol. The molecule has 3 aromatic heterocycles. The number of aromatic nitrogens is 7. The number of fused-ring (bicyclic) bond motifs is 1. The fourth-order valence-electron chi connectivity index (χ4n) is 2.45. The first-order valence-corrected chi connectivity index (χ1v) is 8.03. The third kappa shape index (κ3) is 3.30. The number of rotatable bonds is 6. The molecule has 9 heteroatoms. The van der Waals surface area contributed by atoms with E-state index < -0.39 is 0 Å². The van der Waals surface area contributed by atoms with Gasteiger partial charge in [0.1, 0.15) is 5.82 Å². The third-order valence-electron chi connectivity index (χ3n) is 3.66. The van der Waals surface area contributed by atoms with Crippen LogP contribution in [-0.2, 0) is 13.0 Å². The molecule has 126 valence electrons. The monoisotopic (exact) mass is 336 g/mol. The van der Waals surface area contributed by atoms with E-state index in [2.05, 4.69) is 43.0 Å². The number of anilines is 1. The topological polar surface area (TPSA) is 107 Å². The smallest absolute Gasteiger partial charge is 0.257 e. The number of hydrogen-bond donors (Lipinski definition) is 1. The fourth-order valence-corrected chi connectivity index (χ4v) is 2.45. The molecule has 1 aromatic carbocycles. The Morgan fingerprint density at radius 2 is 2.16 bits per heavy atom. The van der Waals surface area contributed by atoms with Crippen LogP contribution in [0.25, 0.3) is 17.1 Å². The highest BCUT2D eigenvalue weighted by Gasteiger charge is 2.09. The van der Waals surface area contributed by atoms with Crippen molar-refractivity contribution < 1.29 is 4.52 Å². The maximum absolute atomic E-state index is 5.34. The zero-order valence-corrected chi connectivity index (χ0v) is 13.6. The summed E-state index contributed by atoms with van der Waals surface area (Å²) >= 11 is 0. The number of benzene rings is 1. The molecule has 0 aliphatic heterocycles. The van der Waals surface area contributed by atoms with Gasteiger partial charge >= 0.3 is 0 Å². The lowest BCUT2D eigenvalue weighted by atomic mass is 10.1. The number of hydrogen-bond acceptors (Lipinski definition) is 8. The highest BCUT2D eigenvalue weighted by Crippen LogP contribution is 2.19. The van der Waals surface area contributed by atoms with E-state index in [1.54, 1.807) is 6.07 Å². The van der Waals surface area contributed by atoms with E-state index in [0.29, 0.717) is 23.9 Å². The fraction of sp³-hybridized carbons (Fsp3) is 0.250. The maximum atomic E-state index is 5.34. The normalized spacial score (nSPS) is 11.1. The van der Waals surface area contributed by atoms with Gasteiger partial charge in [-0.1, -0.05) is 24.2 Å². The van der Waals surface area contributed by atoms with E-state index in [4.69, 9.17) is 4.52 Å². The predicted octanol–water partition coefficient (Wildman–Crippen LogP) is 2.13. The van der Waals surface area contributed by atoms with E-state index in [9.17, 15) is 0 Å². The molecule has 3 heterocycles. The van der Waals surface area contributed by atoms with Crippen molar-refractivity contribution in [1.29, 1.82) is 0 Å². The quantitative estimate of drug-likeness (QED) is 0.570. The molecule has 9 nitrogen and oxygen atoms in total. The molecular formula is C16H16N8O. The van der Waals surface area contributed by atoms with Gasteiger partial charge in [-0.2, -0.15) is 4.98 Å². The number of aryl methyl sites for hydroxylation is 1. The Labute approximate surface area is 143 Å². The molecule has 0 atom stereocenters. The molecule has 0 saturated carbocycles. The summed E-state index contributed by atoms with van der Waals surface area (Å²) in [5.41, 5.74) is 2.58. The van der Waals surface area contributed by atoms with Gasteiger partial charge in [0.15, 0.2) is 11.5 Å². The van der Waals surface area contributed by atoms with Crippen molar-refractivity contribution in [3.8, 4) is 11.5 Å². The van der Waals surface area contributed by atoms with Crippen LogP contribution in [0.3, 0.4) is 0 Å². The zero-order chi connectivity index (χ0) is 17.1. The predicted molar refractivity (Wildman–Crippen MR) is 89.6 cm³/mol. The van der Waals surface area contributed by atoms with Crippen molar-refractivity contribution in [1.82, 2.24) is 35.4 Å². The largest absolute Gasteiger partial charge is 0.365 e. The SMILES string of the molecule is CCCc1noc(-c2cccc(CNc3ccc4nnnn4n3)c2)n1.